The fraction of sp³-hybridized carbons (Fsp3) is 0.333. The minimum Gasteiger partial charge on any atom is -0.481 e. The van der Waals surface area contributed by atoms with Gasteiger partial charge in [-0.25, -0.2) is 0 Å². The molecule has 48 valence electrons. The maximum Gasteiger partial charge on any atom is 0.312 e. The summed E-state index contributed by atoms with van der Waals surface area (Å²) in [6.45, 7) is 0. The normalized spacial score (nSPS) is 7.00. The lowest BCUT2D eigenvalue weighted by molar-refractivity contribution is -0.139. The van der Waals surface area contributed by atoms with Crippen LogP contribution >= 0.6 is 12.4 Å². The highest BCUT2D eigenvalue weighted by Gasteiger charge is 1.99. The second-order valence-electron chi connectivity index (χ2n) is 1.04. The summed E-state index contributed by atoms with van der Waals surface area (Å²) in [7, 11) is 0. The van der Waals surface area contributed by atoms with Crippen molar-refractivity contribution < 1.29 is 14.7 Å². The Labute approximate surface area is 52.1 Å². The van der Waals surface area contributed by atoms with Crippen LogP contribution in [-0.4, -0.2) is 17.0 Å². The summed E-state index contributed by atoms with van der Waals surface area (Å²) in [5.41, 5.74) is 4.47. The van der Waals surface area contributed by atoms with Gasteiger partial charge in [-0.3, -0.25) is 9.59 Å². The highest BCUT2D eigenvalue weighted by molar-refractivity contribution is 5.92. The molecule has 0 bridgehead atoms. The minimum atomic E-state index is -1.19. The molecule has 8 heavy (non-hydrogen) atoms. The lowest BCUT2D eigenvalue weighted by Gasteiger charge is -1.81. The highest BCUT2D eigenvalue weighted by atomic mass is 35.5. The summed E-state index contributed by atoms with van der Waals surface area (Å²) < 4.78 is 0. The highest BCUT2D eigenvalue weighted by Crippen LogP contribution is 1.71. The SMILES string of the molecule is Cl.NC(=O)CC(=O)O. The number of hydrogen-bond donors (Lipinski definition) is 2. The van der Waals surface area contributed by atoms with Crippen LogP contribution in [0.1, 0.15) is 6.42 Å². The molecule has 0 aromatic heterocycles. The van der Waals surface area contributed by atoms with Gasteiger partial charge in [0.15, 0.2) is 0 Å². The Balaban J connectivity index is 0. The summed E-state index contributed by atoms with van der Waals surface area (Å²) >= 11 is 0. The number of aliphatic carboxylic acids is 1. The van der Waals surface area contributed by atoms with Gasteiger partial charge in [-0.15, -0.1) is 12.4 Å². The van der Waals surface area contributed by atoms with Gasteiger partial charge in [0.1, 0.15) is 6.42 Å². The molecule has 0 atom stereocenters. The fourth-order valence-corrected chi connectivity index (χ4v) is 0.149. The van der Waals surface area contributed by atoms with Gasteiger partial charge in [0.25, 0.3) is 0 Å². The lowest BCUT2D eigenvalue weighted by Crippen LogP contribution is -2.15. The van der Waals surface area contributed by atoms with Crippen LogP contribution in [0.5, 0.6) is 0 Å². The van der Waals surface area contributed by atoms with Gasteiger partial charge in [0.2, 0.25) is 5.91 Å². The maximum atomic E-state index is 9.65. The summed E-state index contributed by atoms with van der Waals surface area (Å²) in [4.78, 5) is 19.2. The molecule has 0 spiro atoms. The molecule has 0 fully saturated rings. The van der Waals surface area contributed by atoms with E-state index in [4.69, 9.17) is 5.11 Å². The van der Waals surface area contributed by atoms with E-state index in [1.807, 2.05) is 0 Å². The number of primary amides is 1. The van der Waals surface area contributed by atoms with Crippen LogP contribution in [-0.2, 0) is 9.59 Å². The average Bonchev–Trinajstić information content (AvgIpc) is 1.27. The average molecular weight is 140 g/mol. The van der Waals surface area contributed by atoms with Crippen molar-refractivity contribution in [3.05, 3.63) is 0 Å². The van der Waals surface area contributed by atoms with Gasteiger partial charge >= 0.3 is 5.97 Å². The molecule has 0 aliphatic rings. The minimum absolute atomic E-state index is 0. The smallest absolute Gasteiger partial charge is 0.312 e. The van der Waals surface area contributed by atoms with Crippen LogP contribution in [0, 0.1) is 0 Å². The van der Waals surface area contributed by atoms with Crippen molar-refractivity contribution in [1.82, 2.24) is 0 Å². The molecule has 0 rings (SSSR count). The largest absolute Gasteiger partial charge is 0.481 e. The number of rotatable bonds is 2. The number of hydrogen-bond acceptors (Lipinski definition) is 2. The molecule has 3 N–H and O–H groups in total. The van der Waals surface area contributed by atoms with Crippen LogP contribution in [0.2, 0.25) is 0 Å². The molecule has 0 aliphatic carbocycles. The molecular weight excluding hydrogens is 133 g/mol. The molecule has 0 aromatic carbocycles. The standard InChI is InChI=1S/C3H5NO3.ClH/c4-2(5)1-3(6)7;/h1H2,(H2,4,5)(H,6,7);1H. The predicted molar refractivity (Wildman–Crippen MR) is 28.7 cm³/mol. The molecular formula is C3H6ClNO3. The zero-order chi connectivity index (χ0) is 5.86. The summed E-state index contributed by atoms with van der Waals surface area (Å²) in [5.74, 6) is -2.00. The van der Waals surface area contributed by atoms with E-state index in [0.717, 1.165) is 0 Å². The van der Waals surface area contributed by atoms with Crippen molar-refractivity contribution in [1.29, 1.82) is 0 Å². The second-order valence-corrected chi connectivity index (χ2v) is 1.04. The Morgan fingerprint density at radius 2 is 1.88 bits per heavy atom. The fourth-order valence-electron chi connectivity index (χ4n) is 0.149. The van der Waals surface area contributed by atoms with Gasteiger partial charge < -0.3 is 10.8 Å². The summed E-state index contributed by atoms with van der Waals surface area (Å²) in [5, 5.41) is 7.78. The number of nitrogens with two attached hydrogens (primary N) is 1. The maximum absolute atomic E-state index is 9.65. The van der Waals surface area contributed by atoms with Gasteiger partial charge in [-0.1, -0.05) is 0 Å². The number of carboxylic acids is 1. The molecule has 0 saturated heterocycles. The van der Waals surface area contributed by atoms with Crippen molar-refractivity contribution in [3.63, 3.8) is 0 Å². The van der Waals surface area contributed by atoms with Crippen LogP contribution < -0.4 is 5.73 Å². The Bertz CT molecular complexity index is 90.7. The monoisotopic (exact) mass is 139 g/mol. The van der Waals surface area contributed by atoms with E-state index in [1.54, 1.807) is 0 Å². The van der Waals surface area contributed by atoms with E-state index in [2.05, 4.69) is 5.73 Å². The quantitative estimate of drug-likeness (QED) is 0.500. The van der Waals surface area contributed by atoms with Gasteiger partial charge in [0, 0.05) is 0 Å². The van der Waals surface area contributed by atoms with Crippen molar-refractivity contribution in [3.8, 4) is 0 Å². The van der Waals surface area contributed by atoms with E-state index in [9.17, 15) is 9.59 Å². The third kappa shape index (κ3) is 8.97. The molecule has 1 amide bonds. The van der Waals surface area contributed by atoms with Crippen molar-refractivity contribution >= 4 is 24.3 Å². The Hall–Kier alpha value is -0.770. The number of halogens is 1. The number of amides is 1. The Morgan fingerprint density at radius 1 is 1.50 bits per heavy atom. The zero-order valence-corrected chi connectivity index (χ0v) is 4.77. The third-order valence-corrected chi connectivity index (χ3v) is 0.325. The van der Waals surface area contributed by atoms with E-state index < -0.39 is 18.3 Å². The van der Waals surface area contributed by atoms with Crippen molar-refractivity contribution in [2.45, 2.75) is 6.42 Å². The van der Waals surface area contributed by atoms with E-state index in [0.29, 0.717) is 0 Å². The third-order valence-electron chi connectivity index (χ3n) is 0.325. The Morgan fingerprint density at radius 3 is 1.88 bits per heavy atom. The van der Waals surface area contributed by atoms with Crippen LogP contribution in [0.25, 0.3) is 0 Å². The van der Waals surface area contributed by atoms with E-state index in [1.165, 1.54) is 0 Å². The first-order valence-corrected chi connectivity index (χ1v) is 1.63. The van der Waals surface area contributed by atoms with Gasteiger partial charge in [-0.2, -0.15) is 0 Å². The molecule has 0 unspecified atom stereocenters. The molecule has 5 heteroatoms. The van der Waals surface area contributed by atoms with Crippen molar-refractivity contribution in [2.75, 3.05) is 0 Å². The topological polar surface area (TPSA) is 80.4 Å². The molecule has 4 nitrogen and oxygen atoms in total. The molecule has 0 aromatic rings. The molecule has 0 radical (unpaired) electrons. The van der Waals surface area contributed by atoms with E-state index >= 15 is 0 Å². The molecule has 0 saturated carbocycles. The molecule has 0 aliphatic heterocycles. The van der Waals surface area contributed by atoms with Crippen LogP contribution in [0.3, 0.4) is 0 Å². The predicted octanol–water partition coefficient (Wildman–Crippen LogP) is -0.632. The van der Waals surface area contributed by atoms with Gasteiger partial charge in [0.05, 0.1) is 0 Å². The lowest BCUT2D eigenvalue weighted by atomic mass is 10.4. The second kappa shape index (κ2) is 4.39. The van der Waals surface area contributed by atoms with Crippen LogP contribution in [0.15, 0.2) is 0 Å². The van der Waals surface area contributed by atoms with Crippen LogP contribution in [0.4, 0.5) is 0 Å². The number of carbonyl (C=O) groups excluding carboxylic acids is 1. The summed E-state index contributed by atoms with van der Waals surface area (Å²) in [6, 6.07) is 0. The first-order valence-electron chi connectivity index (χ1n) is 1.63. The first-order chi connectivity index (χ1) is 3.13. The van der Waals surface area contributed by atoms with E-state index in [-0.39, 0.29) is 12.4 Å². The molecule has 0 heterocycles. The summed E-state index contributed by atoms with van der Waals surface area (Å²) in [6.07, 6.45) is -0.583. The zero-order valence-electron chi connectivity index (χ0n) is 3.96. The first kappa shape index (κ1) is 10.3. The van der Waals surface area contributed by atoms with Crippen molar-refractivity contribution in [2.24, 2.45) is 5.73 Å². The number of carboxylic acid groups (broad SMARTS) is 1. The van der Waals surface area contributed by atoms with Gasteiger partial charge in [-0.05, 0) is 0 Å². The Kier molecular flexibility index (Phi) is 5.63. The number of carbonyl (C=O) groups is 2.